The number of aryl methyl sites for hydroxylation is 1. The average molecular weight is 214 g/mol. The highest BCUT2D eigenvalue weighted by Crippen LogP contribution is 2.17. The van der Waals surface area contributed by atoms with Crippen LogP contribution < -0.4 is 0 Å². The minimum atomic E-state index is 0.235. The summed E-state index contributed by atoms with van der Waals surface area (Å²) in [4.78, 5) is 2.39. The van der Waals surface area contributed by atoms with E-state index in [9.17, 15) is 0 Å². The molecule has 0 bridgehead atoms. The van der Waals surface area contributed by atoms with Crippen LogP contribution in [0.25, 0.3) is 0 Å². The Morgan fingerprint density at radius 1 is 1.38 bits per heavy atom. The maximum Gasteiger partial charge on any atom is 0.0669 e. The van der Waals surface area contributed by atoms with Crippen LogP contribution in [0.4, 0.5) is 0 Å². The van der Waals surface area contributed by atoms with Gasteiger partial charge in [0.25, 0.3) is 0 Å². The van der Waals surface area contributed by atoms with Crippen molar-refractivity contribution in [3.63, 3.8) is 0 Å². The lowest BCUT2D eigenvalue weighted by molar-refractivity contribution is 0.192. The lowest BCUT2D eigenvalue weighted by atomic mass is 9.99. The van der Waals surface area contributed by atoms with E-state index in [1.165, 1.54) is 11.1 Å². The van der Waals surface area contributed by atoms with Gasteiger partial charge in [-0.2, -0.15) is 5.26 Å². The smallest absolute Gasteiger partial charge is 0.0669 e. The second kappa shape index (κ2) is 5.14. The summed E-state index contributed by atoms with van der Waals surface area (Å²) < 4.78 is 0. The van der Waals surface area contributed by atoms with Crippen LogP contribution in [0.1, 0.15) is 24.0 Å². The molecular weight excluding hydrogens is 196 g/mol. The summed E-state index contributed by atoms with van der Waals surface area (Å²) in [7, 11) is 0. The maximum absolute atomic E-state index is 8.93. The largest absolute Gasteiger partial charge is 0.298 e. The van der Waals surface area contributed by atoms with Gasteiger partial charge in [0.05, 0.1) is 12.0 Å². The molecular formula is C14H18N2. The van der Waals surface area contributed by atoms with Crippen molar-refractivity contribution in [1.29, 1.82) is 5.26 Å². The molecule has 0 amide bonds. The number of piperidine rings is 1. The third-order valence-corrected chi connectivity index (χ3v) is 3.21. The minimum absolute atomic E-state index is 0.235. The standard InChI is InChI=1S/C14H18N2/c1-12-4-6-13(7-5-12)10-16-8-2-3-14(9-15)11-16/h4-7,14H,2-3,8,10-11H2,1H3. The van der Waals surface area contributed by atoms with Gasteiger partial charge in [-0.15, -0.1) is 0 Å². The van der Waals surface area contributed by atoms with Crippen LogP contribution >= 0.6 is 0 Å². The Balaban J connectivity index is 1.94. The molecule has 2 rings (SSSR count). The first-order chi connectivity index (χ1) is 7.78. The molecule has 0 aliphatic carbocycles. The van der Waals surface area contributed by atoms with E-state index in [-0.39, 0.29) is 5.92 Å². The summed E-state index contributed by atoms with van der Waals surface area (Å²) in [5.74, 6) is 0.235. The Kier molecular flexibility index (Phi) is 3.58. The molecule has 2 nitrogen and oxygen atoms in total. The van der Waals surface area contributed by atoms with Crippen molar-refractivity contribution in [2.24, 2.45) is 5.92 Å². The number of benzene rings is 1. The lowest BCUT2D eigenvalue weighted by Gasteiger charge is -2.29. The van der Waals surface area contributed by atoms with E-state index >= 15 is 0 Å². The summed E-state index contributed by atoms with van der Waals surface area (Å²) in [6.45, 7) is 5.16. The summed E-state index contributed by atoms with van der Waals surface area (Å²) in [5.41, 5.74) is 2.65. The highest BCUT2D eigenvalue weighted by molar-refractivity contribution is 5.21. The lowest BCUT2D eigenvalue weighted by Crippen LogP contribution is -2.34. The van der Waals surface area contributed by atoms with Gasteiger partial charge in [-0.3, -0.25) is 4.90 Å². The van der Waals surface area contributed by atoms with Crippen LogP contribution in [0.2, 0.25) is 0 Å². The van der Waals surface area contributed by atoms with Crippen molar-refractivity contribution in [2.45, 2.75) is 26.3 Å². The SMILES string of the molecule is Cc1ccc(CN2CCCC(C#N)C2)cc1. The van der Waals surface area contributed by atoms with Crippen molar-refractivity contribution in [3.8, 4) is 6.07 Å². The molecule has 0 spiro atoms. The molecule has 0 radical (unpaired) electrons. The monoisotopic (exact) mass is 214 g/mol. The first-order valence-corrected chi connectivity index (χ1v) is 5.95. The van der Waals surface area contributed by atoms with Crippen molar-refractivity contribution in [3.05, 3.63) is 35.4 Å². The molecule has 1 heterocycles. The normalized spacial score (nSPS) is 21.6. The Labute approximate surface area is 97.5 Å². The molecule has 1 fully saturated rings. The van der Waals surface area contributed by atoms with Crippen LogP contribution in [0, 0.1) is 24.2 Å². The zero-order valence-corrected chi connectivity index (χ0v) is 9.82. The molecule has 0 aromatic heterocycles. The highest BCUT2D eigenvalue weighted by atomic mass is 15.1. The van der Waals surface area contributed by atoms with Crippen LogP contribution in [0.15, 0.2) is 24.3 Å². The Hall–Kier alpha value is -1.33. The van der Waals surface area contributed by atoms with E-state index in [0.717, 1.165) is 32.5 Å². The fourth-order valence-electron chi connectivity index (χ4n) is 2.26. The molecule has 0 N–H and O–H groups in total. The van der Waals surface area contributed by atoms with Crippen LogP contribution in [-0.4, -0.2) is 18.0 Å². The van der Waals surface area contributed by atoms with Gasteiger partial charge >= 0.3 is 0 Å². The van der Waals surface area contributed by atoms with E-state index in [1.807, 2.05) is 0 Å². The van der Waals surface area contributed by atoms with Crippen molar-refractivity contribution in [1.82, 2.24) is 4.90 Å². The van der Waals surface area contributed by atoms with Crippen molar-refractivity contribution >= 4 is 0 Å². The van der Waals surface area contributed by atoms with E-state index in [2.05, 4.69) is 42.2 Å². The number of hydrogen-bond donors (Lipinski definition) is 0. The molecule has 1 aromatic rings. The van der Waals surface area contributed by atoms with E-state index in [1.54, 1.807) is 0 Å². The van der Waals surface area contributed by atoms with Crippen molar-refractivity contribution in [2.75, 3.05) is 13.1 Å². The highest BCUT2D eigenvalue weighted by Gasteiger charge is 2.19. The predicted molar refractivity (Wildman–Crippen MR) is 64.8 cm³/mol. The number of nitrogens with zero attached hydrogens (tertiary/aromatic N) is 2. The third-order valence-electron chi connectivity index (χ3n) is 3.21. The van der Waals surface area contributed by atoms with Gasteiger partial charge in [0.15, 0.2) is 0 Å². The van der Waals surface area contributed by atoms with Gasteiger partial charge in [0.2, 0.25) is 0 Å². The summed E-state index contributed by atoms with van der Waals surface area (Å²) in [6, 6.07) is 11.1. The zero-order chi connectivity index (χ0) is 11.4. The zero-order valence-electron chi connectivity index (χ0n) is 9.82. The average Bonchev–Trinajstić information content (AvgIpc) is 2.32. The van der Waals surface area contributed by atoms with E-state index in [4.69, 9.17) is 5.26 Å². The summed E-state index contributed by atoms with van der Waals surface area (Å²) >= 11 is 0. The quantitative estimate of drug-likeness (QED) is 0.757. The van der Waals surface area contributed by atoms with Gasteiger partial charge in [0, 0.05) is 13.1 Å². The minimum Gasteiger partial charge on any atom is -0.298 e. The molecule has 2 heteroatoms. The van der Waals surface area contributed by atoms with Gasteiger partial charge in [0.1, 0.15) is 0 Å². The maximum atomic E-state index is 8.93. The van der Waals surface area contributed by atoms with Crippen LogP contribution in [0.5, 0.6) is 0 Å². The molecule has 1 saturated heterocycles. The second-order valence-corrected chi connectivity index (χ2v) is 4.69. The predicted octanol–water partition coefficient (Wildman–Crippen LogP) is 2.73. The van der Waals surface area contributed by atoms with Gasteiger partial charge in [-0.05, 0) is 31.9 Å². The molecule has 0 saturated carbocycles. The van der Waals surface area contributed by atoms with Crippen LogP contribution in [0.3, 0.4) is 0 Å². The molecule has 1 aromatic carbocycles. The molecule has 16 heavy (non-hydrogen) atoms. The first-order valence-electron chi connectivity index (χ1n) is 5.95. The topological polar surface area (TPSA) is 27.0 Å². The first kappa shape index (κ1) is 11.2. The Morgan fingerprint density at radius 2 is 2.12 bits per heavy atom. The fraction of sp³-hybridized carbons (Fsp3) is 0.500. The Bertz CT molecular complexity index is 375. The summed E-state index contributed by atoms with van der Waals surface area (Å²) in [6.07, 6.45) is 2.23. The molecule has 1 aliphatic rings. The van der Waals surface area contributed by atoms with Gasteiger partial charge < -0.3 is 0 Å². The fourth-order valence-corrected chi connectivity index (χ4v) is 2.26. The van der Waals surface area contributed by atoms with Crippen LogP contribution in [-0.2, 0) is 6.54 Å². The van der Waals surface area contributed by atoms with Gasteiger partial charge in [-0.25, -0.2) is 0 Å². The molecule has 1 aliphatic heterocycles. The third kappa shape index (κ3) is 2.84. The molecule has 84 valence electrons. The summed E-state index contributed by atoms with van der Waals surface area (Å²) in [5, 5.41) is 8.93. The van der Waals surface area contributed by atoms with E-state index < -0.39 is 0 Å². The number of likely N-dealkylation sites (tertiary alicyclic amines) is 1. The number of hydrogen-bond acceptors (Lipinski definition) is 2. The second-order valence-electron chi connectivity index (χ2n) is 4.69. The molecule has 1 atom stereocenters. The van der Waals surface area contributed by atoms with Crippen molar-refractivity contribution < 1.29 is 0 Å². The Morgan fingerprint density at radius 3 is 2.81 bits per heavy atom. The molecule has 1 unspecified atom stereocenters. The van der Waals surface area contributed by atoms with E-state index in [0.29, 0.717) is 0 Å². The number of nitriles is 1. The number of rotatable bonds is 2. The van der Waals surface area contributed by atoms with Gasteiger partial charge in [-0.1, -0.05) is 29.8 Å².